The second kappa shape index (κ2) is 4.65. The minimum Gasteiger partial charge on any atom is -0.465 e. The molecule has 0 aliphatic carbocycles. The fourth-order valence-electron chi connectivity index (χ4n) is 2.32. The maximum Gasteiger partial charge on any atom is 0.407 e. The smallest absolute Gasteiger partial charge is 0.407 e. The van der Waals surface area contributed by atoms with Gasteiger partial charge in [-0.05, 0) is 31.5 Å². The molecule has 1 aliphatic heterocycles. The van der Waals surface area contributed by atoms with E-state index in [2.05, 4.69) is 36.9 Å². The first-order chi connectivity index (χ1) is 8.08. The van der Waals surface area contributed by atoms with Crippen molar-refractivity contribution < 1.29 is 9.90 Å². The van der Waals surface area contributed by atoms with Gasteiger partial charge in [0.05, 0.1) is 0 Å². The van der Waals surface area contributed by atoms with Crippen LogP contribution in [0.5, 0.6) is 0 Å². The van der Waals surface area contributed by atoms with Crippen molar-refractivity contribution in [2.24, 2.45) is 0 Å². The van der Waals surface area contributed by atoms with E-state index in [1.807, 2.05) is 6.07 Å². The number of nitrogens with zero attached hydrogens (tertiary/aromatic N) is 2. The quantitative estimate of drug-likeness (QED) is 0.810. The van der Waals surface area contributed by atoms with Gasteiger partial charge in [-0.2, -0.15) is 0 Å². The molecule has 0 spiro atoms. The summed E-state index contributed by atoms with van der Waals surface area (Å²) in [4.78, 5) is 14.7. The molecule has 1 aliphatic rings. The lowest BCUT2D eigenvalue weighted by Crippen LogP contribution is -2.53. The monoisotopic (exact) mass is 234 g/mol. The third kappa shape index (κ3) is 2.52. The third-order valence-corrected chi connectivity index (χ3v) is 3.23. The summed E-state index contributed by atoms with van der Waals surface area (Å²) in [6.07, 6.45) is -0.819. The number of benzene rings is 1. The highest BCUT2D eigenvalue weighted by Gasteiger charge is 2.26. The lowest BCUT2D eigenvalue weighted by molar-refractivity contribution is 0.136. The Hall–Kier alpha value is -1.71. The molecule has 1 saturated heterocycles. The van der Waals surface area contributed by atoms with Gasteiger partial charge in [0.15, 0.2) is 0 Å². The van der Waals surface area contributed by atoms with Crippen LogP contribution < -0.4 is 4.90 Å². The number of aryl methyl sites for hydroxylation is 1. The maximum absolute atomic E-state index is 10.9. The molecule has 1 fully saturated rings. The van der Waals surface area contributed by atoms with Crippen LogP contribution in [0.1, 0.15) is 12.5 Å². The van der Waals surface area contributed by atoms with Crippen molar-refractivity contribution in [3.8, 4) is 0 Å². The van der Waals surface area contributed by atoms with Gasteiger partial charge in [0.1, 0.15) is 0 Å². The minimum atomic E-state index is -0.819. The van der Waals surface area contributed by atoms with Crippen LogP contribution in [0.25, 0.3) is 0 Å². The summed E-state index contributed by atoms with van der Waals surface area (Å²) in [6, 6.07) is 8.57. The third-order valence-electron chi connectivity index (χ3n) is 3.23. The van der Waals surface area contributed by atoms with Gasteiger partial charge in [-0.1, -0.05) is 12.1 Å². The molecule has 92 valence electrons. The number of carboxylic acid groups (broad SMARTS) is 1. The van der Waals surface area contributed by atoms with Crippen molar-refractivity contribution in [2.45, 2.75) is 19.9 Å². The average molecular weight is 234 g/mol. The first-order valence-corrected chi connectivity index (χ1v) is 5.89. The van der Waals surface area contributed by atoms with Gasteiger partial charge in [0.2, 0.25) is 0 Å². The number of hydrogen-bond acceptors (Lipinski definition) is 2. The molecule has 0 saturated carbocycles. The first kappa shape index (κ1) is 11.8. The topological polar surface area (TPSA) is 43.8 Å². The number of anilines is 1. The number of piperazine rings is 1. The summed E-state index contributed by atoms with van der Waals surface area (Å²) >= 11 is 0. The van der Waals surface area contributed by atoms with E-state index in [9.17, 15) is 4.79 Å². The Bertz CT molecular complexity index is 420. The second-order valence-electron chi connectivity index (χ2n) is 4.61. The van der Waals surface area contributed by atoms with Crippen LogP contribution in [0, 0.1) is 6.92 Å². The van der Waals surface area contributed by atoms with E-state index in [-0.39, 0.29) is 6.04 Å². The Balaban J connectivity index is 2.12. The molecule has 1 amide bonds. The molecule has 1 heterocycles. The van der Waals surface area contributed by atoms with E-state index in [0.29, 0.717) is 13.1 Å². The van der Waals surface area contributed by atoms with E-state index >= 15 is 0 Å². The van der Waals surface area contributed by atoms with Gasteiger partial charge in [0, 0.05) is 31.4 Å². The highest BCUT2D eigenvalue weighted by atomic mass is 16.4. The van der Waals surface area contributed by atoms with E-state index in [0.717, 1.165) is 6.54 Å². The fourth-order valence-corrected chi connectivity index (χ4v) is 2.32. The molecule has 1 unspecified atom stereocenters. The molecule has 4 nitrogen and oxygen atoms in total. The molecule has 2 rings (SSSR count). The van der Waals surface area contributed by atoms with E-state index in [1.54, 1.807) is 0 Å². The van der Waals surface area contributed by atoms with Crippen LogP contribution in [0.15, 0.2) is 24.3 Å². The van der Waals surface area contributed by atoms with Crippen LogP contribution in [-0.2, 0) is 0 Å². The van der Waals surface area contributed by atoms with Gasteiger partial charge in [-0.25, -0.2) is 4.79 Å². The lowest BCUT2D eigenvalue weighted by atomic mass is 10.1. The van der Waals surface area contributed by atoms with Crippen molar-refractivity contribution in [1.29, 1.82) is 0 Å². The predicted molar refractivity (Wildman–Crippen MR) is 67.6 cm³/mol. The SMILES string of the molecule is Cc1cccc(N2CCN(C(=O)O)CC2C)c1. The molecule has 1 atom stereocenters. The second-order valence-corrected chi connectivity index (χ2v) is 4.61. The van der Waals surface area contributed by atoms with Gasteiger partial charge in [-0.15, -0.1) is 0 Å². The Labute approximate surface area is 101 Å². The van der Waals surface area contributed by atoms with Crippen molar-refractivity contribution in [2.75, 3.05) is 24.5 Å². The predicted octanol–water partition coefficient (Wildman–Crippen LogP) is 2.18. The summed E-state index contributed by atoms with van der Waals surface area (Å²) in [6.45, 7) is 6.05. The highest BCUT2D eigenvalue weighted by Crippen LogP contribution is 2.21. The van der Waals surface area contributed by atoms with Crippen molar-refractivity contribution in [3.63, 3.8) is 0 Å². The number of carbonyl (C=O) groups is 1. The summed E-state index contributed by atoms with van der Waals surface area (Å²) < 4.78 is 0. The van der Waals surface area contributed by atoms with E-state index in [4.69, 9.17) is 5.11 Å². The molecule has 1 N–H and O–H groups in total. The zero-order chi connectivity index (χ0) is 12.4. The molecule has 0 bridgehead atoms. The van der Waals surface area contributed by atoms with Crippen LogP contribution in [-0.4, -0.2) is 41.8 Å². The normalized spacial score (nSPS) is 20.5. The Morgan fingerprint density at radius 2 is 2.18 bits per heavy atom. The number of amides is 1. The number of rotatable bonds is 1. The standard InChI is InChI=1S/C13H18N2O2/c1-10-4-3-5-12(8-10)15-7-6-14(13(16)17)9-11(15)2/h3-5,8,11H,6-7,9H2,1-2H3,(H,16,17). The lowest BCUT2D eigenvalue weighted by Gasteiger charge is -2.40. The molecular formula is C13H18N2O2. The van der Waals surface area contributed by atoms with Crippen LogP contribution >= 0.6 is 0 Å². The molecule has 1 aromatic carbocycles. The summed E-state index contributed by atoms with van der Waals surface area (Å²) in [7, 11) is 0. The number of hydrogen-bond donors (Lipinski definition) is 1. The largest absolute Gasteiger partial charge is 0.465 e. The van der Waals surface area contributed by atoms with Crippen molar-refractivity contribution in [1.82, 2.24) is 4.90 Å². The first-order valence-electron chi connectivity index (χ1n) is 5.89. The zero-order valence-electron chi connectivity index (χ0n) is 10.3. The molecule has 0 radical (unpaired) electrons. The zero-order valence-corrected chi connectivity index (χ0v) is 10.3. The fraction of sp³-hybridized carbons (Fsp3) is 0.462. The summed E-state index contributed by atoms with van der Waals surface area (Å²) in [5.41, 5.74) is 2.41. The van der Waals surface area contributed by atoms with Crippen molar-refractivity contribution in [3.05, 3.63) is 29.8 Å². The van der Waals surface area contributed by atoms with Gasteiger partial charge in [0.25, 0.3) is 0 Å². The van der Waals surface area contributed by atoms with E-state index < -0.39 is 6.09 Å². The molecule has 4 heteroatoms. The van der Waals surface area contributed by atoms with Crippen molar-refractivity contribution >= 4 is 11.8 Å². The van der Waals surface area contributed by atoms with Gasteiger partial charge in [-0.3, -0.25) is 0 Å². The molecule has 1 aromatic rings. The van der Waals surface area contributed by atoms with E-state index in [1.165, 1.54) is 16.2 Å². The average Bonchev–Trinajstić information content (AvgIpc) is 2.28. The summed E-state index contributed by atoms with van der Waals surface area (Å²) in [5.74, 6) is 0. The molecular weight excluding hydrogens is 216 g/mol. The van der Waals surface area contributed by atoms with Crippen LogP contribution in [0.3, 0.4) is 0 Å². The molecule has 0 aromatic heterocycles. The Morgan fingerprint density at radius 1 is 1.41 bits per heavy atom. The minimum absolute atomic E-state index is 0.224. The van der Waals surface area contributed by atoms with Crippen LogP contribution in [0.4, 0.5) is 10.5 Å². The molecule has 17 heavy (non-hydrogen) atoms. The highest BCUT2D eigenvalue weighted by molar-refractivity contribution is 5.65. The van der Waals surface area contributed by atoms with Crippen LogP contribution in [0.2, 0.25) is 0 Å². The summed E-state index contributed by atoms with van der Waals surface area (Å²) in [5, 5.41) is 8.96. The van der Waals surface area contributed by atoms with Gasteiger partial charge < -0.3 is 14.9 Å². The Morgan fingerprint density at radius 3 is 2.76 bits per heavy atom. The van der Waals surface area contributed by atoms with Gasteiger partial charge >= 0.3 is 6.09 Å². The maximum atomic E-state index is 10.9. The Kier molecular flexibility index (Phi) is 3.22.